The lowest BCUT2D eigenvalue weighted by Crippen LogP contribution is -2.65. The van der Waals surface area contributed by atoms with Crippen LogP contribution >= 0.6 is 0 Å². The van der Waals surface area contributed by atoms with Crippen molar-refractivity contribution in [1.82, 2.24) is 14.9 Å². The van der Waals surface area contributed by atoms with Crippen LogP contribution in [0.4, 0.5) is 5.69 Å². The third-order valence-electron chi connectivity index (χ3n) is 6.35. The summed E-state index contributed by atoms with van der Waals surface area (Å²) in [5.41, 5.74) is 0.600. The molecule has 2 amide bonds. The highest BCUT2D eigenvalue weighted by Gasteiger charge is 2.50. The first-order valence-electron chi connectivity index (χ1n) is 10.8. The van der Waals surface area contributed by atoms with Gasteiger partial charge in [-0.1, -0.05) is 31.9 Å². The third kappa shape index (κ3) is 3.60. The summed E-state index contributed by atoms with van der Waals surface area (Å²) in [7, 11) is 1.25. The zero-order valence-corrected chi connectivity index (χ0v) is 18.2. The van der Waals surface area contributed by atoms with Crippen molar-refractivity contribution in [2.24, 2.45) is 0 Å². The first-order chi connectivity index (χ1) is 14.9. The Bertz CT molecular complexity index is 1020. The molecule has 2 aliphatic rings. The molecule has 0 bridgehead atoms. The molecule has 1 aromatic heterocycles. The van der Waals surface area contributed by atoms with Gasteiger partial charge in [0.15, 0.2) is 5.69 Å². The predicted octanol–water partition coefficient (Wildman–Crippen LogP) is 2.71. The van der Waals surface area contributed by atoms with Crippen molar-refractivity contribution < 1.29 is 19.1 Å². The van der Waals surface area contributed by atoms with Crippen molar-refractivity contribution in [2.75, 3.05) is 12.0 Å². The number of carbonyl (C=O) groups excluding carboxylic acids is 3. The van der Waals surface area contributed by atoms with Gasteiger partial charge in [-0.15, -0.1) is 0 Å². The maximum absolute atomic E-state index is 13.8. The molecule has 2 heterocycles. The minimum absolute atomic E-state index is 0.0394. The maximum atomic E-state index is 13.8. The summed E-state index contributed by atoms with van der Waals surface area (Å²) in [6, 6.07) is 7.73. The normalized spacial score (nSPS) is 21.1. The molecule has 8 heteroatoms. The second-order valence-corrected chi connectivity index (χ2v) is 8.45. The number of benzene rings is 1. The van der Waals surface area contributed by atoms with E-state index >= 15 is 0 Å². The monoisotopic (exact) mass is 424 g/mol. The zero-order chi connectivity index (χ0) is 22.2. The molecule has 8 nitrogen and oxygen atoms in total. The lowest BCUT2D eigenvalue weighted by molar-refractivity contribution is -0.127. The molecule has 164 valence electrons. The molecular weight excluding hydrogens is 396 g/mol. The number of fused-ring (bicyclic) bond motifs is 1. The maximum Gasteiger partial charge on any atom is 0.359 e. The number of imidazole rings is 1. The molecule has 0 spiro atoms. The molecule has 1 N–H and O–H groups in total. The first kappa shape index (κ1) is 21.1. The van der Waals surface area contributed by atoms with E-state index < -0.39 is 17.4 Å². The van der Waals surface area contributed by atoms with Crippen LogP contribution in [0.5, 0.6) is 0 Å². The number of nitrogens with zero attached hydrogens (tertiary/aromatic N) is 3. The number of hydrogen-bond donors (Lipinski definition) is 1. The SMILES string of the molecule is CCc1cccc(N2C(=O)c3c(C(=O)OC)ncn3C[C@@]2(C)C(=O)NC2CCCC2)c1. The Morgan fingerprint density at radius 3 is 2.71 bits per heavy atom. The standard InChI is InChI=1S/C23H28N4O4/c1-4-15-8-7-11-17(12-15)27-20(28)19-18(21(29)31-3)24-14-26(19)13-23(27,2)22(30)25-16-9-5-6-10-16/h7-8,11-12,14,16H,4-6,9-10,13H2,1-3H3,(H,25,30)/t23-/m0/s1. The van der Waals surface area contributed by atoms with Gasteiger partial charge < -0.3 is 14.6 Å². The van der Waals surface area contributed by atoms with E-state index in [2.05, 4.69) is 10.3 Å². The summed E-state index contributed by atoms with van der Waals surface area (Å²) in [6.07, 6.45) is 6.31. The minimum atomic E-state index is -1.17. The number of rotatable bonds is 5. The van der Waals surface area contributed by atoms with E-state index in [1.807, 2.05) is 31.2 Å². The summed E-state index contributed by atoms with van der Waals surface area (Å²) in [6.45, 7) is 4.00. The number of aryl methyl sites for hydroxylation is 1. The molecule has 2 aromatic rings. The van der Waals surface area contributed by atoms with E-state index in [0.29, 0.717) is 5.69 Å². The van der Waals surface area contributed by atoms with Crippen LogP contribution in [0.15, 0.2) is 30.6 Å². The second-order valence-electron chi connectivity index (χ2n) is 8.45. The van der Waals surface area contributed by atoms with Gasteiger partial charge in [-0.05, 0) is 43.9 Å². The van der Waals surface area contributed by atoms with Crippen molar-refractivity contribution in [3.8, 4) is 0 Å². The van der Waals surface area contributed by atoms with E-state index in [1.165, 1.54) is 18.3 Å². The smallest absolute Gasteiger partial charge is 0.359 e. The number of ether oxygens (including phenoxy) is 1. The van der Waals surface area contributed by atoms with Crippen LogP contribution in [0, 0.1) is 0 Å². The van der Waals surface area contributed by atoms with Crippen molar-refractivity contribution in [2.45, 2.75) is 64.1 Å². The molecule has 1 aromatic carbocycles. The van der Waals surface area contributed by atoms with Gasteiger partial charge in [-0.3, -0.25) is 14.5 Å². The molecule has 1 fully saturated rings. The number of nitrogens with one attached hydrogen (secondary N) is 1. The van der Waals surface area contributed by atoms with Gasteiger partial charge in [0.2, 0.25) is 5.91 Å². The molecule has 0 radical (unpaired) electrons. The van der Waals surface area contributed by atoms with E-state index in [9.17, 15) is 14.4 Å². The van der Waals surface area contributed by atoms with E-state index in [1.54, 1.807) is 11.5 Å². The van der Waals surface area contributed by atoms with Crippen LogP contribution in [0.1, 0.15) is 66.1 Å². The van der Waals surface area contributed by atoms with Gasteiger partial charge in [0.05, 0.1) is 20.0 Å². The zero-order valence-electron chi connectivity index (χ0n) is 18.2. The van der Waals surface area contributed by atoms with Gasteiger partial charge >= 0.3 is 5.97 Å². The predicted molar refractivity (Wildman–Crippen MR) is 115 cm³/mol. The van der Waals surface area contributed by atoms with Crippen LogP contribution in [0.25, 0.3) is 0 Å². The summed E-state index contributed by atoms with van der Waals surface area (Å²) in [5.74, 6) is -1.32. The molecular formula is C23H28N4O4. The fraction of sp³-hybridized carbons (Fsp3) is 0.478. The van der Waals surface area contributed by atoms with Crippen molar-refractivity contribution in [3.05, 3.63) is 47.5 Å². The number of esters is 1. The second kappa shape index (κ2) is 8.17. The lowest BCUT2D eigenvalue weighted by Gasteiger charge is -2.44. The molecule has 1 saturated carbocycles. The minimum Gasteiger partial charge on any atom is -0.464 e. The molecule has 0 saturated heterocycles. The summed E-state index contributed by atoms with van der Waals surface area (Å²) in [4.78, 5) is 45.1. The van der Waals surface area contributed by atoms with Gasteiger partial charge in [0.1, 0.15) is 11.2 Å². The van der Waals surface area contributed by atoms with Crippen LogP contribution in [-0.2, 0) is 22.5 Å². The Morgan fingerprint density at radius 1 is 1.29 bits per heavy atom. The van der Waals surface area contributed by atoms with Crippen molar-refractivity contribution in [3.63, 3.8) is 0 Å². The molecule has 0 unspecified atom stereocenters. The molecule has 4 rings (SSSR count). The van der Waals surface area contributed by atoms with Crippen molar-refractivity contribution >= 4 is 23.5 Å². The van der Waals surface area contributed by atoms with Gasteiger partial charge in [0.25, 0.3) is 5.91 Å². The number of hydrogen-bond acceptors (Lipinski definition) is 5. The van der Waals surface area contributed by atoms with Crippen LogP contribution in [0.2, 0.25) is 0 Å². The Morgan fingerprint density at radius 2 is 2.03 bits per heavy atom. The van der Waals surface area contributed by atoms with Gasteiger partial charge in [-0.25, -0.2) is 9.78 Å². The topological polar surface area (TPSA) is 93.5 Å². The fourth-order valence-corrected chi connectivity index (χ4v) is 4.61. The number of carbonyl (C=O) groups is 3. The number of anilines is 1. The van der Waals surface area contributed by atoms with Crippen LogP contribution in [-0.4, -0.2) is 46.0 Å². The van der Waals surface area contributed by atoms with Gasteiger partial charge in [0, 0.05) is 11.7 Å². The molecule has 1 aliphatic heterocycles. The number of methoxy groups -OCH3 is 1. The summed E-state index contributed by atoms with van der Waals surface area (Å²) in [5, 5.41) is 3.15. The number of aromatic nitrogens is 2. The largest absolute Gasteiger partial charge is 0.464 e. The Labute approximate surface area is 181 Å². The Kier molecular flexibility index (Phi) is 5.56. The summed E-state index contributed by atoms with van der Waals surface area (Å²) < 4.78 is 6.40. The van der Waals surface area contributed by atoms with Gasteiger partial charge in [-0.2, -0.15) is 0 Å². The van der Waals surface area contributed by atoms with Crippen molar-refractivity contribution in [1.29, 1.82) is 0 Å². The average molecular weight is 425 g/mol. The highest BCUT2D eigenvalue weighted by Crippen LogP contribution is 2.35. The average Bonchev–Trinajstić information content (AvgIpc) is 3.43. The van der Waals surface area contributed by atoms with E-state index in [-0.39, 0.29) is 29.9 Å². The van der Waals surface area contributed by atoms with Crippen LogP contribution < -0.4 is 10.2 Å². The quantitative estimate of drug-likeness (QED) is 0.745. The Hall–Kier alpha value is -3.16. The van der Waals surface area contributed by atoms with E-state index in [4.69, 9.17) is 4.74 Å². The molecule has 1 atom stereocenters. The summed E-state index contributed by atoms with van der Waals surface area (Å²) >= 11 is 0. The Balaban J connectivity index is 1.81. The molecule has 31 heavy (non-hydrogen) atoms. The lowest BCUT2D eigenvalue weighted by atomic mass is 9.92. The fourth-order valence-electron chi connectivity index (χ4n) is 4.61. The highest BCUT2D eigenvalue weighted by molar-refractivity contribution is 6.15. The molecule has 1 aliphatic carbocycles. The third-order valence-corrected chi connectivity index (χ3v) is 6.35. The first-order valence-corrected chi connectivity index (χ1v) is 10.8. The highest BCUT2D eigenvalue weighted by atomic mass is 16.5. The number of amides is 2. The van der Waals surface area contributed by atoms with Crippen LogP contribution in [0.3, 0.4) is 0 Å². The van der Waals surface area contributed by atoms with E-state index in [0.717, 1.165) is 37.7 Å².